The monoisotopic (exact) mass is 384 g/mol. The van der Waals surface area contributed by atoms with Gasteiger partial charge >= 0.3 is 6.03 Å². The molecule has 0 unspecified atom stereocenters. The lowest BCUT2D eigenvalue weighted by Crippen LogP contribution is -2.40. The number of hydrogen-bond acceptors (Lipinski definition) is 3. The zero-order valence-electron chi connectivity index (χ0n) is 14.9. The van der Waals surface area contributed by atoms with Crippen molar-refractivity contribution < 1.29 is 14.0 Å². The topological polar surface area (TPSA) is 49.4 Å². The standard InChI is InChI=1S/C21H21FN2O2S/c22-15-9-7-14(8-10-15)19-12-11-17(27-19)13-18-20(25)24(21(26)23-18)16-5-3-1-2-4-6-16/h7-13,16H,1-6H2,(H,23,26). The molecule has 2 aliphatic rings. The molecule has 1 aromatic carbocycles. The second-order valence-electron chi connectivity index (χ2n) is 7.02. The van der Waals surface area contributed by atoms with Crippen LogP contribution >= 0.6 is 11.3 Å². The molecule has 0 spiro atoms. The lowest BCUT2D eigenvalue weighted by Gasteiger charge is -2.23. The van der Waals surface area contributed by atoms with Crippen LogP contribution < -0.4 is 5.32 Å². The number of benzene rings is 1. The molecule has 6 heteroatoms. The molecule has 1 aliphatic carbocycles. The number of hydrogen-bond donors (Lipinski definition) is 1. The molecule has 2 heterocycles. The summed E-state index contributed by atoms with van der Waals surface area (Å²) in [6.07, 6.45) is 7.98. The zero-order chi connectivity index (χ0) is 18.8. The maximum absolute atomic E-state index is 13.1. The van der Waals surface area contributed by atoms with Crippen LogP contribution in [0.3, 0.4) is 0 Å². The van der Waals surface area contributed by atoms with E-state index in [1.54, 1.807) is 18.2 Å². The summed E-state index contributed by atoms with van der Waals surface area (Å²) in [6, 6.07) is 9.86. The Kier molecular flexibility index (Phi) is 5.07. The molecule has 1 aliphatic heterocycles. The molecule has 140 valence electrons. The van der Waals surface area contributed by atoms with Crippen LogP contribution in [0.5, 0.6) is 0 Å². The summed E-state index contributed by atoms with van der Waals surface area (Å²) in [7, 11) is 0. The van der Waals surface area contributed by atoms with Crippen LogP contribution in [0.25, 0.3) is 16.5 Å². The lowest BCUT2D eigenvalue weighted by atomic mass is 10.1. The van der Waals surface area contributed by atoms with E-state index in [0.29, 0.717) is 5.70 Å². The van der Waals surface area contributed by atoms with Crippen LogP contribution in [-0.2, 0) is 4.79 Å². The van der Waals surface area contributed by atoms with Crippen molar-refractivity contribution in [2.75, 3.05) is 0 Å². The van der Waals surface area contributed by atoms with Crippen LogP contribution in [0.1, 0.15) is 43.4 Å². The van der Waals surface area contributed by atoms with E-state index in [1.165, 1.54) is 41.2 Å². The summed E-state index contributed by atoms with van der Waals surface area (Å²) in [5.41, 5.74) is 1.25. The molecule has 0 atom stereocenters. The normalized spacial score (nSPS) is 20.2. The minimum Gasteiger partial charge on any atom is -0.303 e. The fraction of sp³-hybridized carbons (Fsp3) is 0.333. The first-order valence-corrected chi connectivity index (χ1v) is 10.2. The predicted octanol–water partition coefficient (Wildman–Crippen LogP) is 5.17. The molecule has 27 heavy (non-hydrogen) atoms. The van der Waals surface area contributed by atoms with Gasteiger partial charge in [0.05, 0.1) is 0 Å². The van der Waals surface area contributed by atoms with Crippen LogP contribution in [0.4, 0.5) is 9.18 Å². The first-order valence-electron chi connectivity index (χ1n) is 9.34. The van der Waals surface area contributed by atoms with Crippen molar-refractivity contribution in [2.45, 2.75) is 44.6 Å². The van der Waals surface area contributed by atoms with E-state index < -0.39 is 0 Å². The SMILES string of the molecule is O=C1NC(=Cc2ccc(-c3ccc(F)cc3)s2)C(=O)N1C1CCCCCC1. The van der Waals surface area contributed by atoms with Crippen LogP contribution in [0, 0.1) is 5.82 Å². The third-order valence-electron chi connectivity index (χ3n) is 5.14. The molecular weight excluding hydrogens is 363 g/mol. The predicted molar refractivity (Wildman–Crippen MR) is 105 cm³/mol. The van der Waals surface area contributed by atoms with Gasteiger partial charge in [0.1, 0.15) is 11.5 Å². The van der Waals surface area contributed by atoms with Gasteiger partial charge in [0.15, 0.2) is 0 Å². The molecule has 0 radical (unpaired) electrons. The highest BCUT2D eigenvalue weighted by molar-refractivity contribution is 7.16. The number of amides is 3. The number of imide groups is 1. The maximum Gasteiger partial charge on any atom is 0.329 e. The smallest absolute Gasteiger partial charge is 0.303 e. The second-order valence-corrected chi connectivity index (χ2v) is 8.13. The largest absolute Gasteiger partial charge is 0.329 e. The number of urea groups is 1. The molecule has 4 rings (SSSR count). The van der Waals surface area contributed by atoms with Gasteiger partial charge in [-0.1, -0.05) is 37.8 Å². The first-order chi connectivity index (χ1) is 13.1. The van der Waals surface area contributed by atoms with Crippen molar-refractivity contribution in [3.63, 3.8) is 0 Å². The maximum atomic E-state index is 13.1. The Hall–Kier alpha value is -2.47. The molecule has 1 N–H and O–H groups in total. The van der Waals surface area contributed by atoms with E-state index in [2.05, 4.69) is 5.32 Å². The van der Waals surface area contributed by atoms with Gasteiger partial charge in [-0.3, -0.25) is 9.69 Å². The molecule has 1 saturated carbocycles. The minimum atomic E-state index is -0.312. The van der Waals surface area contributed by atoms with Gasteiger partial charge in [-0.2, -0.15) is 0 Å². The number of halogens is 1. The molecule has 2 aromatic rings. The number of carbonyl (C=O) groups is 2. The Morgan fingerprint density at radius 2 is 1.70 bits per heavy atom. The number of nitrogens with one attached hydrogen (secondary N) is 1. The van der Waals surface area contributed by atoms with E-state index >= 15 is 0 Å². The molecule has 1 aromatic heterocycles. The first kappa shape index (κ1) is 17.9. The highest BCUT2D eigenvalue weighted by atomic mass is 32.1. The van der Waals surface area contributed by atoms with Gasteiger partial charge in [-0.05, 0) is 48.7 Å². The summed E-state index contributed by atoms with van der Waals surface area (Å²) >= 11 is 1.50. The van der Waals surface area contributed by atoms with Gasteiger partial charge in [0.2, 0.25) is 0 Å². The van der Waals surface area contributed by atoms with Crippen molar-refractivity contribution in [1.29, 1.82) is 0 Å². The summed E-state index contributed by atoms with van der Waals surface area (Å²) < 4.78 is 13.1. The average molecular weight is 384 g/mol. The zero-order valence-corrected chi connectivity index (χ0v) is 15.7. The van der Waals surface area contributed by atoms with Gasteiger partial charge in [-0.15, -0.1) is 11.3 Å². The van der Waals surface area contributed by atoms with E-state index in [-0.39, 0.29) is 23.8 Å². The minimum absolute atomic E-state index is 0.00371. The third-order valence-corrected chi connectivity index (χ3v) is 6.22. The summed E-state index contributed by atoms with van der Waals surface area (Å²) in [4.78, 5) is 28.4. The summed E-state index contributed by atoms with van der Waals surface area (Å²) in [5.74, 6) is -0.501. The van der Waals surface area contributed by atoms with Gasteiger partial charge in [0, 0.05) is 15.8 Å². The van der Waals surface area contributed by atoms with Crippen molar-refractivity contribution >= 4 is 29.4 Å². The Balaban J connectivity index is 1.53. The number of thiophene rings is 1. The molecular formula is C21H21FN2O2S. The molecule has 1 saturated heterocycles. The van der Waals surface area contributed by atoms with Gasteiger partial charge in [0.25, 0.3) is 5.91 Å². The number of nitrogens with zero attached hydrogens (tertiary/aromatic N) is 1. The number of carbonyl (C=O) groups excluding carboxylic acids is 2. The summed E-state index contributed by atoms with van der Waals surface area (Å²) in [5, 5.41) is 2.73. The van der Waals surface area contributed by atoms with Gasteiger partial charge < -0.3 is 5.32 Å². The fourth-order valence-electron chi connectivity index (χ4n) is 3.74. The summed E-state index contributed by atoms with van der Waals surface area (Å²) in [6.45, 7) is 0. The molecule has 0 bridgehead atoms. The van der Waals surface area contributed by atoms with Gasteiger partial charge in [-0.25, -0.2) is 9.18 Å². The average Bonchev–Trinajstić information content (AvgIpc) is 3.10. The quantitative estimate of drug-likeness (QED) is 0.451. The highest BCUT2D eigenvalue weighted by Crippen LogP contribution is 2.31. The van der Waals surface area contributed by atoms with Crippen molar-refractivity contribution in [3.8, 4) is 10.4 Å². The molecule has 2 fully saturated rings. The number of rotatable bonds is 3. The van der Waals surface area contributed by atoms with Crippen LogP contribution in [0.15, 0.2) is 42.1 Å². The third kappa shape index (κ3) is 3.81. The molecule has 4 nitrogen and oxygen atoms in total. The molecule has 3 amide bonds. The highest BCUT2D eigenvalue weighted by Gasteiger charge is 2.38. The van der Waals surface area contributed by atoms with Crippen LogP contribution in [0.2, 0.25) is 0 Å². The Morgan fingerprint density at radius 1 is 1.00 bits per heavy atom. The van der Waals surface area contributed by atoms with Crippen LogP contribution in [-0.4, -0.2) is 22.9 Å². The fourth-order valence-corrected chi connectivity index (χ4v) is 4.70. The Morgan fingerprint density at radius 3 is 2.41 bits per heavy atom. The van der Waals surface area contributed by atoms with E-state index in [1.807, 2.05) is 12.1 Å². The van der Waals surface area contributed by atoms with Crippen molar-refractivity contribution in [2.24, 2.45) is 0 Å². The van der Waals surface area contributed by atoms with Crippen molar-refractivity contribution in [3.05, 3.63) is 52.8 Å². The Labute approximate surface area is 161 Å². The lowest BCUT2D eigenvalue weighted by molar-refractivity contribution is -0.124. The Bertz CT molecular complexity index is 880. The van der Waals surface area contributed by atoms with Crippen molar-refractivity contribution in [1.82, 2.24) is 10.2 Å². The van der Waals surface area contributed by atoms with E-state index in [0.717, 1.165) is 41.0 Å². The van der Waals surface area contributed by atoms with E-state index in [9.17, 15) is 14.0 Å². The van der Waals surface area contributed by atoms with E-state index in [4.69, 9.17) is 0 Å². The second kappa shape index (κ2) is 7.64.